The van der Waals surface area contributed by atoms with Crippen molar-refractivity contribution in [3.05, 3.63) is 33.2 Å². The number of rotatable bonds is 3. The van der Waals surface area contributed by atoms with E-state index in [-0.39, 0.29) is 17.4 Å². The quantitative estimate of drug-likeness (QED) is 0.382. The van der Waals surface area contributed by atoms with E-state index >= 15 is 0 Å². The first-order chi connectivity index (χ1) is 8.61. The first-order valence-corrected chi connectivity index (χ1v) is 5.73. The number of nitrogens with zero attached hydrogens (tertiary/aromatic N) is 3. The number of anilines is 2. The van der Waals surface area contributed by atoms with Crippen molar-refractivity contribution < 1.29 is 4.92 Å². The first kappa shape index (κ1) is 12.3. The highest BCUT2D eigenvalue weighted by Crippen LogP contribution is 2.28. The Morgan fingerprint density at radius 3 is 2.89 bits per heavy atom. The Morgan fingerprint density at radius 1 is 1.50 bits per heavy atom. The molecule has 1 atom stereocenters. The van der Waals surface area contributed by atoms with E-state index in [1.807, 2.05) is 4.90 Å². The minimum Gasteiger partial charge on any atom is -0.393 e. The molecule has 2 N–H and O–H groups in total. The van der Waals surface area contributed by atoms with Crippen LogP contribution in [0.4, 0.5) is 17.1 Å². The minimum absolute atomic E-state index is 0.0965. The molecule has 2 rings (SSSR count). The third-order valence-electron chi connectivity index (χ3n) is 3.12. The zero-order chi connectivity index (χ0) is 13.1. The Morgan fingerprint density at radius 2 is 2.28 bits per heavy atom. The maximum absolute atomic E-state index is 10.7. The lowest BCUT2D eigenvalue weighted by molar-refractivity contribution is -0.383. The summed E-state index contributed by atoms with van der Waals surface area (Å²) in [7, 11) is 0. The molecular weight excluding hydrogens is 236 g/mol. The van der Waals surface area contributed by atoms with Gasteiger partial charge in [0.05, 0.1) is 4.92 Å². The molecule has 1 aliphatic heterocycles. The number of nitrogens with two attached hydrogens (primary N) is 1. The van der Waals surface area contributed by atoms with Crippen molar-refractivity contribution in [1.29, 1.82) is 0 Å². The van der Waals surface area contributed by atoms with Crippen LogP contribution in [0.3, 0.4) is 0 Å². The fourth-order valence-corrected chi connectivity index (χ4v) is 2.18. The van der Waals surface area contributed by atoms with Crippen LogP contribution in [0.5, 0.6) is 0 Å². The van der Waals surface area contributed by atoms with Crippen molar-refractivity contribution in [3.63, 3.8) is 0 Å². The number of benzene rings is 1. The van der Waals surface area contributed by atoms with Crippen LogP contribution >= 0.6 is 0 Å². The molecule has 7 heteroatoms. The number of hydrogen-bond acceptors (Lipinski definition) is 6. The van der Waals surface area contributed by atoms with Gasteiger partial charge in [0.2, 0.25) is 0 Å². The molecule has 96 valence electrons. The number of nitroso groups, excluding NO2 is 1. The predicted octanol–water partition coefficient (Wildman–Crippen LogP) is 1.91. The molecule has 1 unspecified atom stereocenters. The van der Waals surface area contributed by atoms with E-state index in [0.29, 0.717) is 6.54 Å². The summed E-state index contributed by atoms with van der Waals surface area (Å²) in [5.41, 5.74) is 6.48. The highest BCUT2D eigenvalue weighted by atomic mass is 16.6. The molecule has 0 aliphatic carbocycles. The number of nitrogen functional groups attached to an aromatic ring is 1. The molecule has 1 aliphatic rings. The summed E-state index contributed by atoms with van der Waals surface area (Å²) in [5.74, 6) is 0. The van der Waals surface area contributed by atoms with Crippen molar-refractivity contribution in [2.45, 2.75) is 18.9 Å². The van der Waals surface area contributed by atoms with Gasteiger partial charge in [-0.1, -0.05) is 5.18 Å². The summed E-state index contributed by atoms with van der Waals surface area (Å²) in [5, 5.41) is 13.7. The summed E-state index contributed by atoms with van der Waals surface area (Å²) < 4.78 is 0. The van der Waals surface area contributed by atoms with Crippen LogP contribution in [-0.2, 0) is 0 Å². The van der Waals surface area contributed by atoms with Crippen LogP contribution < -0.4 is 10.6 Å². The van der Waals surface area contributed by atoms with Crippen LogP contribution in [0.2, 0.25) is 0 Å². The Bertz CT molecular complexity index is 477. The lowest BCUT2D eigenvalue weighted by Crippen LogP contribution is -2.37. The number of piperidine rings is 1. The Hall–Kier alpha value is -2.18. The third-order valence-corrected chi connectivity index (χ3v) is 3.12. The van der Waals surface area contributed by atoms with Crippen LogP contribution in [0.15, 0.2) is 23.4 Å². The van der Waals surface area contributed by atoms with Crippen LogP contribution in [0, 0.1) is 15.0 Å². The van der Waals surface area contributed by atoms with Gasteiger partial charge in [-0.3, -0.25) is 10.1 Å². The molecule has 1 heterocycles. The molecule has 1 saturated heterocycles. The van der Waals surface area contributed by atoms with Crippen LogP contribution in [0.25, 0.3) is 0 Å². The van der Waals surface area contributed by atoms with Gasteiger partial charge in [-0.25, -0.2) is 0 Å². The number of hydrogen-bond donors (Lipinski definition) is 1. The van der Waals surface area contributed by atoms with Gasteiger partial charge in [0.15, 0.2) is 0 Å². The van der Waals surface area contributed by atoms with Crippen molar-refractivity contribution in [1.82, 2.24) is 0 Å². The lowest BCUT2D eigenvalue weighted by Gasteiger charge is -2.31. The monoisotopic (exact) mass is 250 g/mol. The Labute approximate surface area is 104 Å². The highest BCUT2D eigenvalue weighted by molar-refractivity contribution is 5.66. The second-order valence-electron chi connectivity index (χ2n) is 4.35. The van der Waals surface area contributed by atoms with Crippen LogP contribution in [0.1, 0.15) is 12.8 Å². The van der Waals surface area contributed by atoms with E-state index in [0.717, 1.165) is 25.1 Å². The van der Waals surface area contributed by atoms with E-state index in [4.69, 9.17) is 5.73 Å². The van der Waals surface area contributed by atoms with Gasteiger partial charge in [-0.15, -0.1) is 0 Å². The van der Waals surface area contributed by atoms with E-state index in [1.165, 1.54) is 6.07 Å². The van der Waals surface area contributed by atoms with Gasteiger partial charge < -0.3 is 10.6 Å². The van der Waals surface area contributed by atoms with E-state index < -0.39 is 4.92 Å². The highest BCUT2D eigenvalue weighted by Gasteiger charge is 2.22. The molecular formula is C11H14N4O3. The second kappa shape index (κ2) is 4.99. The third kappa shape index (κ3) is 2.39. The molecule has 18 heavy (non-hydrogen) atoms. The van der Waals surface area contributed by atoms with Gasteiger partial charge in [0, 0.05) is 24.8 Å². The van der Waals surface area contributed by atoms with E-state index in [9.17, 15) is 15.0 Å². The van der Waals surface area contributed by atoms with E-state index in [2.05, 4.69) is 5.18 Å². The first-order valence-electron chi connectivity index (χ1n) is 5.73. The van der Waals surface area contributed by atoms with Gasteiger partial charge in [0.1, 0.15) is 11.7 Å². The molecule has 0 aromatic heterocycles. The molecule has 1 aromatic rings. The summed E-state index contributed by atoms with van der Waals surface area (Å²) in [6.45, 7) is 1.35. The smallest absolute Gasteiger partial charge is 0.292 e. The molecule has 7 nitrogen and oxygen atoms in total. The molecule has 1 aromatic carbocycles. The largest absolute Gasteiger partial charge is 0.393 e. The maximum atomic E-state index is 10.7. The zero-order valence-electron chi connectivity index (χ0n) is 9.78. The average molecular weight is 250 g/mol. The molecule has 0 spiro atoms. The van der Waals surface area contributed by atoms with Gasteiger partial charge in [-0.05, 0) is 25.0 Å². The standard InChI is InChI=1S/C11H14N4O3/c12-10-6-9(3-4-11(10)15(17)18)14-5-1-2-8(7-14)13-16/h3-4,6,8H,1-2,5,7,12H2. The number of nitro groups is 1. The summed E-state index contributed by atoms with van der Waals surface area (Å²) >= 11 is 0. The lowest BCUT2D eigenvalue weighted by atomic mass is 10.1. The Kier molecular flexibility index (Phi) is 3.40. The van der Waals surface area contributed by atoms with E-state index in [1.54, 1.807) is 12.1 Å². The Balaban J connectivity index is 2.21. The second-order valence-corrected chi connectivity index (χ2v) is 4.35. The summed E-state index contributed by atoms with van der Waals surface area (Å²) in [6.07, 6.45) is 1.68. The van der Waals surface area contributed by atoms with Crippen LogP contribution in [-0.4, -0.2) is 24.1 Å². The number of nitro benzene ring substituents is 1. The van der Waals surface area contributed by atoms with Crippen molar-refractivity contribution in [3.8, 4) is 0 Å². The maximum Gasteiger partial charge on any atom is 0.292 e. The molecule has 0 bridgehead atoms. The van der Waals surface area contributed by atoms with Crippen molar-refractivity contribution >= 4 is 17.1 Å². The predicted molar refractivity (Wildman–Crippen MR) is 68.5 cm³/mol. The fourth-order valence-electron chi connectivity index (χ4n) is 2.18. The minimum atomic E-state index is -0.509. The average Bonchev–Trinajstić information content (AvgIpc) is 2.38. The molecule has 1 fully saturated rings. The van der Waals surface area contributed by atoms with Gasteiger partial charge >= 0.3 is 0 Å². The normalized spacial score (nSPS) is 19.6. The van der Waals surface area contributed by atoms with Crippen molar-refractivity contribution in [2.75, 3.05) is 23.7 Å². The SMILES string of the molecule is Nc1cc(N2CCCC(N=O)C2)ccc1[N+](=O)[O-]. The molecule has 0 saturated carbocycles. The topological polar surface area (TPSA) is 102 Å². The van der Waals surface area contributed by atoms with Gasteiger partial charge in [0.25, 0.3) is 5.69 Å². The summed E-state index contributed by atoms with van der Waals surface area (Å²) in [6, 6.07) is 4.41. The molecule has 0 radical (unpaired) electrons. The summed E-state index contributed by atoms with van der Waals surface area (Å²) in [4.78, 5) is 22.7. The van der Waals surface area contributed by atoms with Crippen molar-refractivity contribution in [2.24, 2.45) is 5.18 Å². The fraction of sp³-hybridized carbons (Fsp3) is 0.455. The molecule has 0 amide bonds. The zero-order valence-corrected chi connectivity index (χ0v) is 9.78. The van der Waals surface area contributed by atoms with Gasteiger partial charge in [-0.2, -0.15) is 4.91 Å².